The molecule has 0 aliphatic rings. The lowest BCUT2D eigenvalue weighted by atomic mass is 10.2. The molecule has 1 aromatic carbocycles. The zero-order valence-corrected chi connectivity index (χ0v) is 9.93. The molecule has 3 nitrogen and oxygen atoms in total. The molecule has 14 heavy (non-hydrogen) atoms. The van der Waals surface area contributed by atoms with Gasteiger partial charge in [0.15, 0.2) is 15.6 Å². The highest BCUT2D eigenvalue weighted by atomic mass is 79.9. The van der Waals surface area contributed by atoms with Gasteiger partial charge in [0.1, 0.15) is 4.66 Å². The summed E-state index contributed by atoms with van der Waals surface area (Å²) in [5.41, 5.74) is 0.513. The van der Waals surface area contributed by atoms with Crippen LogP contribution in [0.4, 0.5) is 0 Å². The maximum Gasteiger partial charge on any atom is 0.188 e. The molecule has 0 bridgehead atoms. The van der Waals surface area contributed by atoms with Gasteiger partial charge in [0, 0.05) is 5.56 Å². The number of sulfone groups is 1. The zero-order valence-electron chi connectivity index (χ0n) is 7.53. The number of halogens is 1. The molecule has 76 valence electrons. The minimum atomic E-state index is -3.24. The summed E-state index contributed by atoms with van der Waals surface area (Å²) >= 11 is 2.90. The lowest BCUT2D eigenvalue weighted by molar-refractivity contribution is 0.101. The molecule has 0 radical (unpaired) electrons. The number of hydrogen-bond donors (Lipinski definition) is 0. The van der Waals surface area contributed by atoms with Crippen LogP contribution in [-0.4, -0.2) is 18.9 Å². The smallest absolute Gasteiger partial charge is 0.188 e. The van der Waals surface area contributed by atoms with Gasteiger partial charge in [-0.15, -0.1) is 0 Å². The van der Waals surface area contributed by atoms with Crippen LogP contribution in [0.25, 0.3) is 0 Å². The molecule has 0 saturated heterocycles. The Bertz CT molecular complexity index is 434. The molecule has 0 saturated carbocycles. The normalized spacial score (nSPS) is 11.3. The Balaban J connectivity index is 3.12. The second kappa shape index (κ2) is 4.23. The summed E-state index contributed by atoms with van der Waals surface area (Å²) in [5.74, 6) is -0.0761. The fraction of sp³-hybridized carbons (Fsp3) is 0.222. The Hall–Kier alpha value is -0.680. The van der Waals surface area contributed by atoms with E-state index in [-0.39, 0.29) is 15.3 Å². The summed E-state index contributed by atoms with van der Waals surface area (Å²) in [6.07, 6.45) is 0. The van der Waals surface area contributed by atoms with Crippen molar-refractivity contribution in [2.75, 3.05) is 4.66 Å². The van der Waals surface area contributed by atoms with Crippen molar-refractivity contribution in [2.45, 2.75) is 11.8 Å². The Kier molecular flexibility index (Phi) is 3.44. The van der Waals surface area contributed by atoms with Gasteiger partial charge in [-0.05, 0) is 19.1 Å². The quantitative estimate of drug-likeness (QED) is 0.627. The molecule has 0 amide bonds. The lowest BCUT2D eigenvalue weighted by Crippen LogP contribution is -2.02. The minimum absolute atomic E-state index is 0.0761. The van der Waals surface area contributed by atoms with E-state index >= 15 is 0 Å². The van der Waals surface area contributed by atoms with Crippen LogP contribution in [-0.2, 0) is 9.84 Å². The van der Waals surface area contributed by atoms with E-state index < -0.39 is 9.84 Å². The van der Waals surface area contributed by atoms with Crippen LogP contribution < -0.4 is 0 Å². The van der Waals surface area contributed by atoms with Gasteiger partial charge in [0.2, 0.25) is 0 Å². The minimum Gasteiger partial charge on any atom is -0.295 e. The van der Waals surface area contributed by atoms with Gasteiger partial charge in [-0.1, -0.05) is 28.1 Å². The first-order valence-corrected chi connectivity index (χ1v) is 6.64. The van der Waals surface area contributed by atoms with Crippen LogP contribution in [0.2, 0.25) is 0 Å². The molecule has 0 aliphatic carbocycles. The Labute approximate surface area is 91.2 Å². The third-order valence-corrected chi connectivity index (χ3v) is 4.85. The molecule has 0 aromatic heterocycles. The number of benzene rings is 1. The molecular weight excluding hydrogens is 268 g/mol. The fourth-order valence-electron chi connectivity index (χ4n) is 0.960. The van der Waals surface area contributed by atoms with E-state index in [4.69, 9.17) is 0 Å². The van der Waals surface area contributed by atoms with E-state index in [9.17, 15) is 13.2 Å². The van der Waals surface area contributed by atoms with Gasteiger partial charge in [-0.3, -0.25) is 4.79 Å². The molecular formula is C9H9BrO3S. The third-order valence-electron chi connectivity index (χ3n) is 1.76. The van der Waals surface area contributed by atoms with Crippen molar-refractivity contribution in [1.82, 2.24) is 0 Å². The van der Waals surface area contributed by atoms with Crippen molar-refractivity contribution >= 4 is 31.6 Å². The van der Waals surface area contributed by atoms with Gasteiger partial charge in [-0.25, -0.2) is 8.42 Å². The fourth-order valence-corrected chi connectivity index (χ4v) is 2.43. The van der Waals surface area contributed by atoms with Crippen molar-refractivity contribution in [3.05, 3.63) is 29.8 Å². The van der Waals surface area contributed by atoms with E-state index in [1.165, 1.54) is 31.2 Å². The second-order valence-electron chi connectivity index (χ2n) is 2.80. The molecule has 1 rings (SSSR count). The van der Waals surface area contributed by atoms with Crippen molar-refractivity contribution in [1.29, 1.82) is 0 Å². The summed E-state index contributed by atoms with van der Waals surface area (Å²) in [7, 11) is -3.24. The molecule has 0 spiro atoms. The van der Waals surface area contributed by atoms with Crippen molar-refractivity contribution in [3.8, 4) is 0 Å². The molecule has 5 heteroatoms. The third kappa shape index (κ3) is 2.42. The first-order chi connectivity index (χ1) is 6.47. The SMILES string of the molecule is CC(=O)c1ccc(S(=O)(=O)CBr)cc1. The first kappa shape index (κ1) is 11.4. The van der Waals surface area contributed by atoms with Gasteiger partial charge in [-0.2, -0.15) is 0 Å². The van der Waals surface area contributed by atoms with Crippen LogP contribution in [0, 0.1) is 0 Å². The molecule has 0 unspecified atom stereocenters. The van der Waals surface area contributed by atoms with E-state index in [0.717, 1.165) is 0 Å². The first-order valence-electron chi connectivity index (χ1n) is 3.87. The molecule has 0 heterocycles. The summed E-state index contributed by atoms with van der Waals surface area (Å²) in [6.45, 7) is 1.44. The Morgan fingerprint density at radius 3 is 2.14 bits per heavy atom. The summed E-state index contributed by atoms with van der Waals surface area (Å²) < 4.78 is 22.6. The number of hydrogen-bond acceptors (Lipinski definition) is 3. The number of carbonyl (C=O) groups excluding carboxylic acids is 1. The van der Waals surface area contributed by atoms with E-state index in [1.54, 1.807) is 0 Å². The average molecular weight is 277 g/mol. The van der Waals surface area contributed by atoms with Crippen LogP contribution in [0.1, 0.15) is 17.3 Å². The van der Waals surface area contributed by atoms with Crippen LogP contribution in [0.3, 0.4) is 0 Å². The van der Waals surface area contributed by atoms with Gasteiger partial charge < -0.3 is 0 Å². The van der Waals surface area contributed by atoms with Crippen molar-refractivity contribution in [2.24, 2.45) is 0 Å². The Morgan fingerprint density at radius 2 is 1.79 bits per heavy atom. The zero-order chi connectivity index (χ0) is 10.8. The van der Waals surface area contributed by atoms with Crippen molar-refractivity contribution in [3.63, 3.8) is 0 Å². The highest BCUT2D eigenvalue weighted by Gasteiger charge is 2.12. The number of rotatable bonds is 3. The van der Waals surface area contributed by atoms with Gasteiger partial charge >= 0.3 is 0 Å². The second-order valence-corrected chi connectivity index (χ2v) is 6.10. The molecule has 0 N–H and O–H groups in total. The number of alkyl halides is 1. The van der Waals surface area contributed by atoms with Gasteiger partial charge in [0.25, 0.3) is 0 Å². The largest absolute Gasteiger partial charge is 0.295 e. The average Bonchev–Trinajstić information content (AvgIpc) is 2.18. The van der Waals surface area contributed by atoms with Crippen molar-refractivity contribution < 1.29 is 13.2 Å². The standard InChI is InChI=1S/C9H9BrO3S/c1-7(11)8-2-4-9(5-3-8)14(12,13)6-10/h2-5H,6H2,1H3. The molecule has 0 fully saturated rings. The topological polar surface area (TPSA) is 51.2 Å². The predicted molar refractivity (Wildman–Crippen MR) is 57.4 cm³/mol. The lowest BCUT2D eigenvalue weighted by Gasteiger charge is -2.00. The summed E-state index contributed by atoms with van der Waals surface area (Å²) in [4.78, 5) is 11.1. The van der Waals surface area contributed by atoms with Crippen LogP contribution >= 0.6 is 15.9 Å². The molecule has 0 aliphatic heterocycles. The molecule has 1 aromatic rings. The number of Topliss-reactive ketones (excluding diaryl/α,β-unsaturated/α-hetero) is 1. The van der Waals surface area contributed by atoms with Gasteiger partial charge in [0.05, 0.1) is 4.90 Å². The maximum absolute atomic E-state index is 11.4. The number of carbonyl (C=O) groups is 1. The van der Waals surface area contributed by atoms with Crippen LogP contribution in [0.15, 0.2) is 29.2 Å². The highest BCUT2D eigenvalue weighted by Crippen LogP contribution is 2.14. The van der Waals surface area contributed by atoms with Crippen LogP contribution in [0.5, 0.6) is 0 Å². The Morgan fingerprint density at radius 1 is 1.29 bits per heavy atom. The molecule has 0 atom stereocenters. The number of ketones is 1. The van der Waals surface area contributed by atoms with E-state index in [1.807, 2.05) is 0 Å². The summed E-state index contributed by atoms with van der Waals surface area (Å²) in [6, 6.07) is 5.90. The monoisotopic (exact) mass is 276 g/mol. The maximum atomic E-state index is 11.4. The van der Waals surface area contributed by atoms with E-state index in [2.05, 4.69) is 15.9 Å². The summed E-state index contributed by atoms with van der Waals surface area (Å²) in [5, 5.41) is 0. The highest BCUT2D eigenvalue weighted by molar-refractivity contribution is 9.10. The van der Waals surface area contributed by atoms with E-state index in [0.29, 0.717) is 5.56 Å². The predicted octanol–water partition coefficient (Wildman–Crippen LogP) is 2.02.